The van der Waals surface area contributed by atoms with Gasteiger partial charge in [-0.25, -0.2) is 9.37 Å². The summed E-state index contributed by atoms with van der Waals surface area (Å²) >= 11 is 0. The summed E-state index contributed by atoms with van der Waals surface area (Å²) in [6, 6.07) is 11.9. The van der Waals surface area contributed by atoms with E-state index in [9.17, 15) is 9.50 Å². The van der Waals surface area contributed by atoms with Crippen LogP contribution in [0.1, 0.15) is 16.8 Å². The van der Waals surface area contributed by atoms with E-state index < -0.39 is 11.8 Å². The van der Waals surface area contributed by atoms with Gasteiger partial charge < -0.3 is 9.52 Å². The van der Waals surface area contributed by atoms with Crippen molar-refractivity contribution in [1.29, 1.82) is 0 Å². The van der Waals surface area contributed by atoms with Crippen molar-refractivity contribution in [3.05, 3.63) is 65.1 Å². The molecular weight excluding hydrogens is 295 g/mol. The summed E-state index contributed by atoms with van der Waals surface area (Å²) in [7, 11) is 0. The molecule has 0 radical (unpaired) electrons. The second-order valence-electron chi connectivity index (χ2n) is 5.24. The molecule has 1 N–H and O–H groups in total. The monoisotopic (exact) mass is 310 g/mol. The lowest BCUT2D eigenvalue weighted by Gasteiger charge is -2.00. The third-order valence-electron chi connectivity index (χ3n) is 3.42. The van der Waals surface area contributed by atoms with Crippen molar-refractivity contribution in [1.82, 2.24) is 4.98 Å². The molecule has 0 saturated carbocycles. The normalized spacial score (nSPS) is 11.3. The highest BCUT2D eigenvalue weighted by Gasteiger charge is 2.15. The molecule has 0 aliphatic heterocycles. The second-order valence-corrected chi connectivity index (χ2v) is 5.24. The van der Waals surface area contributed by atoms with Gasteiger partial charge in [-0.1, -0.05) is 29.8 Å². The minimum atomic E-state index is -0.466. The van der Waals surface area contributed by atoms with Crippen molar-refractivity contribution in [2.24, 2.45) is 4.99 Å². The second kappa shape index (κ2) is 6.04. The number of hydrogen-bond acceptors (Lipinski definition) is 4. The van der Waals surface area contributed by atoms with Gasteiger partial charge in [0, 0.05) is 0 Å². The Hall–Kier alpha value is -2.95. The van der Waals surface area contributed by atoms with Crippen LogP contribution < -0.4 is 0 Å². The van der Waals surface area contributed by atoms with Crippen LogP contribution in [0.25, 0.3) is 11.5 Å². The molecule has 3 aromatic rings. The topological polar surface area (TPSA) is 58.6 Å². The van der Waals surface area contributed by atoms with E-state index >= 15 is 0 Å². The molecule has 1 heterocycles. The van der Waals surface area contributed by atoms with Crippen molar-refractivity contribution < 1.29 is 13.9 Å². The first-order valence-corrected chi connectivity index (χ1v) is 7.10. The predicted octanol–water partition coefficient (Wildman–Crippen LogP) is 4.55. The number of nitrogens with zero attached hydrogens (tertiary/aromatic N) is 2. The predicted molar refractivity (Wildman–Crippen MR) is 86.7 cm³/mol. The van der Waals surface area contributed by atoms with Crippen LogP contribution in [0.3, 0.4) is 0 Å². The third-order valence-corrected chi connectivity index (χ3v) is 3.42. The van der Waals surface area contributed by atoms with Gasteiger partial charge in [0.2, 0.25) is 5.89 Å². The van der Waals surface area contributed by atoms with E-state index in [2.05, 4.69) is 9.98 Å². The standard InChI is InChI=1S/C18H15FN2O2/c1-11-7-8-15(12(2)9-11)20-10-16-18(22)23-17(21-16)13-5-3-4-6-14(13)19/h3-10,22H,1-2H3. The summed E-state index contributed by atoms with van der Waals surface area (Å²) in [5.74, 6) is -0.842. The maximum Gasteiger partial charge on any atom is 0.312 e. The van der Waals surface area contributed by atoms with Crippen LogP contribution in [-0.2, 0) is 0 Å². The lowest BCUT2D eigenvalue weighted by Crippen LogP contribution is -1.86. The molecule has 0 bridgehead atoms. The van der Waals surface area contributed by atoms with Crippen molar-refractivity contribution in [2.75, 3.05) is 0 Å². The Morgan fingerprint density at radius 1 is 1.17 bits per heavy atom. The van der Waals surface area contributed by atoms with E-state index in [1.807, 2.05) is 32.0 Å². The van der Waals surface area contributed by atoms with E-state index in [1.165, 1.54) is 18.3 Å². The largest absolute Gasteiger partial charge is 0.479 e. The molecule has 116 valence electrons. The molecule has 1 aromatic heterocycles. The molecule has 23 heavy (non-hydrogen) atoms. The third kappa shape index (κ3) is 3.13. The zero-order valence-corrected chi connectivity index (χ0v) is 12.7. The van der Waals surface area contributed by atoms with E-state index in [1.54, 1.807) is 12.1 Å². The zero-order valence-electron chi connectivity index (χ0n) is 12.7. The number of benzene rings is 2. The summed E-state index contributed by atoms with van der Waals surface area (Å²) in [5, 5.41) is 9.83. The fraction of sp³-hybridized carbons (Fsp3) is 0.111. The van der Waals surface area contributed by atoms with Gasteiger partial charge in [-0.2, -0.15) is 0 Å². The Balaban J connectivity index is 1.93. The molecule has 3 rings (SSSR count). The van der Waals surface area contributed by atoms with E-state index in [0.29, 0.717) is 0 Å². The maximum absolute atomic E-state index is 13.7. The summed E-state index contributed by atoms with van der Waals surface area (Å²) in [5.41, 5.74) is 3.27. The Morgan fingerprint density at radius 3 is 2.70 bits per heavy atom. The molecule has 4 nitrogen and oxygen atoms in total. The lowest BCUT2D eigenvalue weighted by atomic mass is 10.1. The quantitative estimate of drug-likeness (QED) is 0.722. The van der Waals surface area contributed by atoms with Crippen molar-refractivity contribution in [2.45, 2.75) is 13.8 Å². The Kier molecular flexibility index (Phi) is 3.93. The molecule has 0 aliphatic carbocycles. The molecule has 0 spiro atoms. The fourth-order valence-electron chi connectivity index (χ4n) is 2.24. The van der Waals surface area contributed by atoms with Crippen LogP contribution in [0.5, 0.6) is 5.95 Å². The summed E-state index contributed by atoms with van der Waals surface area (Å²) < 4.78 is 18.9. The number of rotatable bonds is 3. The van der Waals surface area contributed by atoms with Crippen molar-refractivity contribution in [3.8, 4) is 17.4 Å². The Labute approximate surface area is 133 Å². The van der Waals surface area contributed by atoms with Crippen LogP contribution in [0.4, 0.5) is 10.1 Å². The smallest absolute Gasteiger partial charge is 0.312 e. The molecule has 0 atom stereocenters. The number of aromatic hydroxyl groups is 1. The van der Waals surface area contributed by atoms with E-state index in [0.717, 1.165) is 16.8 Å². The minimum absolute atomic E-state index is 0.0164. The van der Waals surface area contributed by atoms with Gasteiger partial charge in [-0.05, 0) is 37.6 Å². The fourth-order valence-corrected chi connectivity index (χ4v) is 2.24. The minimum Gasteiger partial charge on any atom is -0.479 e. The number of hydrogen-bond donors (Lipinski definition) is 1. The summed E-state index contributed by atoms with van der Waals surface area (Å²) in [6.45, 7) is 3.96. The molecular formula is C18H15FN2O2. The molecule has 2 aromatic carbocycles. The van der Waals surface area contributed by atoms with Gasteiger partial charge in [0.1, 0.15) is 5.82 Å². The van der Waals surface area contributed by atoms with Crippen molar-refractivity contribution in [3.63, 3.8) is 0 Å². The molecule has 0 fully saturated rings. The van der Waals surface area contributed by atoms with Crippen LogP contribution >= 0.6 is 0 Å². The van der Waals surface area contributed by atoms with Gasteiger partial charge in [0.15, 0.2) is 5.69 Å². The van der Waals surface area contributed by atoms with Crippen LogP contribution in [0.15, 0.2) is 51.9 Å². The number of aliphatic imine (C=N–C) groups is 1. The highest BCUT2D eigenvalue weighted by Crippen LogP contribution is 2.28. The average Bonchev–Trinajstić information content (AvgIpc) is 2.88. The van der Waals surface area contributed by atoms with Gasteiger partial charge >= 0.3 is 5.95 Å². The lowest BCUT2D eigenvalue weighted by molar-refractivity contribution is 0.336. The number of aromatic nitrogens is 1. The van der Waals surface area contributed by atoms with E-state index in [4.69, 9.17) is 4.42 Å². The van der Waals surface area contributed by atoms with Crippen LogP contribution in [-0.4, -0.2) is 16.3 Å². The van der Waals surface area contributed by atoms with Gasteiger partial charge in [-0.3, -0.25) is 4.99 Å². The maximum atomic E-state index is 13.7. The summed E-state index contributed by atoms with van der Waals surface area (Å²) in [4.78, 5) is 8.40. The first-order chi connectivity index (χ1) is 11.0. The van der Waals surface area contributed by atoms with Gasteiger partial charge in [-0.15, -0.1) is 0 Å². The SMILES string of the molecule is Cc1ccc(N=Cc2nc(-c3ccccc3F)oc2O)c(C)c1. The first kappa shape index (κ1) is 15.0. The molecule has 0 unspecified atom stereocenters. The zero-order chi connectivity index (χ0) is 16.4. The highest BCUT2D eigenvalue weighted by atomic mass is 19.1. The average molecular weight is 310 g/mol. The Bertz CT molecular complexity index is 884. The Morgan fingerprint density at radius 2 is 1.96 bits per heavy atom. The number of halogens is 1. The molecule has 5 heteroatoms. The van der Waals surface area contributed by atoms with Crippen LogP contribution in [0, 0.1) is 19.7 Å². The van der Waals surface area contributed by atoms with Gasteiger partial charge in [0.25, 0.3) is 0 Å². The molecule has 0 amide bonds. The summed E-state index contributed by atoms with van der Waals surface area (Å²) in [6.07, 6.45) is 1.40. The molecule has 0 saturated heterocycles. The first-order valence-electron chi connectivity index (χ1n) is 7.10. The number of aryl methyl sites for hydroxylation is 2. The highest BCUT2D eigenvalue weighted by molar-refractivity contribution is 5.83. The van der Waals surface area contributed by atoms with E-state index in [-0.39, 0.29) is 17.1 Å². The van der Waals surface area contributed by atoms with Gasteiger partial charge in [0.05, 0.1) is 17.5 Å². The number of oxazole rings is 1. The molecule has 0 aliphatic rings. The van der Waals surface area contributed by atoms with Crippen LogP contribution in [0.2, 0.25) is 0 Å². The van der Waals surface area contributed by atoms with Crippen molar-refractivity contribution >= 4 is 11.9 Å².